The van der Waals surface area contributed by atoms with Crippen molar-refractivity contribution in [2.24, 2.45) is 35.5 Å². The number of fused-ring (bicyclic) bond motifs is 6. The van der Waals surface area contributed by atoms with Gasteiger partial charge in [-0.1, -0.05) is 73.5 Å². The number of benzene rings is 2. The van der Waals surface area contributed by atoms with Crippen LogP contribution in [-0.4, -0.2) is 0 Å². The number of allylic oxidation sites excluding steroid dienone is 4. The average molecular weight is 433 g/mol. The second-order valence-electron chi connectivity index (χ2n) is 12.4. The van der Waals surface area contributed by atoms with E-state index in [1.807, 2.05) is 0 Å². The molecule has 8 unspecified atom stereocenters. The lowest BCUT2D eigenvalue weighted by atomic mass is 9.81. The van der Waals surface area contributed by atoms with E-state index in [-0.39, 0.29) is 0 Å². The molecule has 0 amide bonds. The summed E-state index contributed by atoms with van der Waals surface area (Å²) in [6.07, 6.45) is 18.6. The Kier molecular flexibility index (Phi) is 4.20. The largest absolute Gasteiger partial charge is 0.0728 e. The third-order valence-corrected chi connectivity index (χ3v) is 10.9. The van der Waals surface area contributed by atoms with E-state index in [1.54, 1.807) is 33.4 Å². The lowest BCUT2D eigenvalue weighted by molar-refractivity contribution is 0.405. The Labute approximate surface area is 199 Å². The summed E-state index contributed by atoms with van der Waals surface area (Å²) in [5.41, 5.74) is 9.90. The van der Waals surface area contributed by atoms with Crippen molar-refractivity contribution in [1.29, 1.82) is 0 Å². The van der Waals surface area contributed by atoms with Gasteiger partial charge in [-0.2, -0.15) is 0 Å². The van der Waals surface area contributed by atoms with Gasteiger partial charge in [0.25, 0.3) is 0 Å². The van der Waals surface area contributed by atoms with Crippen LogP contribution in [0, 0.1) is 35.5 Å². The van der Waals surface area contributed by atoms with Crippen LogP contribution in [0.4, 0.5) is 0 Å². The van der Waals surface area contributed by atoms with Gasteiger partial charge in [0.15, 0.2) is 0 Å². The molecular formula is C33H36. The summed E-state index contributed by atoms with van der Waals surface area (Å²) < 4.78 is 0. The molecule has 0 heteroatoms. The van der Waals surface area contributed by atoms with Crippen molar-refractivity contribution in [3.05, 3.63) is 82.9 Å². The summed E-state index contributed by atoms with van der Waals surface area (Å²) in [5, 5.41) is 0. The summed E-state index contributed by atoms with van der Waals surface area (Å²) in [5.74, 6) is 6.81. The van der Waals surface area contributed by atoms with E-state index in [0.29, 0.717) is 11.8 Å². The van der Waals surface area contributed by atoms with Gasteiger partial charge in [0.2, 0.25) is 0 Å². The Balaban J connectivity index is 1.13. The van der Waals surface area contributed by atoms with Crippen LogP contribution in [0.5, 0.6) is 0 Å². The van der Waals surface area contributed by atoms with Gasteiger partial charge >= 0.3 is 0 Å². The van der Waals surface area contributed by atoms with E-state index in [9.17, 15) is 0 Å². The first-order chi connectivity index (χ1) is 16.3. The fraction of sp³-hybridized carbons (Fsp3) is 0.515. The van der Waals surface area contributed by atoms with Crippen LogP contribution in [0.15, 0.2) is 60.7 Å². The van der Waals surface area contributed by atoms with Gasteiger partial charge in [0.05, 0.1) is 0 Å². The molecule has 4 bridgehead atoms. The van der Waals surface area contributed by atoms with Crippen molar-refractivity contribution in [3.63, 3.8) is 0 Å². The highest BCUT2D eigenvalue weighted by atomic mass is 14.5. The lowest BCUT2D eigenvalue weighted by Gasteiger charge is -2.23. The van der Waals surface area contributed by atoms with Gasteiger partial charge in [0, 0.05) is 11.8 Å². The second kappa shape index (κ2) is 7.21. The molecule has 4 fully saturated rings. The maximum absolute atomic E-state index is 2.74. The van der Waals surface area contributed by atoms with Crippen LogP contribution in [0.2, 0.25) is 0 Å². The molecule has 0 spiro atoms. The van der Waals surface area contributed by atoms with Gasteiger partial charge in [0.1, 0.15) is 0 Å². The topological polar surface area (TPSA) is 0 Å². The van der Waals surface area contributed by atoms with Crippen LogP contribution in [-0.2, 0) is 0 Å². The van der Waals surface area contributed by atoms with Crippen molar-refractivity contribution in [2.45, 2.75) is 69.6 Å². The van der Waals surface area contributed by atoms with E-state index < -0.39 is 0 Å². The summed E-state index contributed by atoms with van der Waals surface area (Å²) in [6.45, 7) is 0. The van der Waals surface area contributed by atoms with Gasteiger partial charge in [-0.3, -0.25) is 0 Å². The van der Waals surface area contributed by atoms with Crippen molar-refractivity contribution in [3.8, 4) is 0 Å². The highest BCUT2D eigenvalue weighted by molar-refractivity contribution is 5.79. The molecule has 8 atom stereocenters. The highest BCUT2D eigenvalue weighted by Crippen LogP contribution is 2.58. The van der Waals surface area contributed by atoms with Gasteiger partial charge in [-0.25, -0.2) is 0 Å². The molecular weight excluding hydrogens is 396 g/mol. The Hall–Kier alpha value is -2.08. The molecule has 2 aromatic carbocycles. The quantitative estimate of drug-likeness (QED) is 0.453. The molecule has 0 radical (unpaired) electrons. The molecule has 8 rings (SSSR count). The molecule has 2 aromatic rings. The molecule has 168 valence electrons. The second-order valence-corrected chi connectivity index (χ2v) is 12.4. The van der Waals surface area contributed by atoms with Crippen molar-refractivity contribution in [1.82, 2.24) is 0 Å². The number of rotatable bonds is 4. The van der Waals surface area contributed by atoms with Crippen LogP contribution in [0.3, 0.4) is 0 Å². The predicted molar refractivity (Wildman–Crippen MR) is 137 cm³/mol. The molecule has 0 aromatic heterocycles. The number of hydrogen-bond acceptors (Lipinski definition) is 0. The summed E-state index contributed by atoms with van der Waals surface area (Å²) in [7, 11) is 0. The zero-order valence-electron chi connectivity index (χ0n) is 19.8. The minimum absolute atomic E-state index is 0.587. The third kappa shape index (κ3) is 2.88. The fourth-order valence-electron chi connectivity index (χ4n) is 9.52. The minimum atomic E-state index is 0.587. The third-order valence-electron chi connectivity index (χ3n) is 10.9. The summed E-state index contributed by atoms with van der Waals surface area (Å²) in [4.78, 5) is 0. The first-order valence-corrected chi connectivity index (χ1v) is 13.9. The van der Waals surface area contributed by atoms with Crippen LogP contribution in [0.1, 0.15) is 91.9 Å². The Morgan fingerprint density at radius 1 is 0.545 bits per heavy atom. The van der Waals surface area contributed by atoms with Gasteiger partial charge < -0.3 is 0 Å². The van der Waals surface area contributed by atoms with Gasteiger partial charge in [-0.15, -0.1) is 0 Å². The molecule has 0 nitrogen and oxygen atoms in total. The zero-order valence-corrected chi connectivity index (χ0v) is 19.8. The van der Waals surface area contributed by atoms with Crippen LogP contribution >= 0.6 is 0 Å². The Morgan fingerprint density at radius 3 is 1.45 bits per heavy atom. The van der Waals surface area contributed by atoms with Gasteiger partial charge in [-0.05, 0) is 114 Å². The summed E-state index contributed by atoms with van der Waals surface area (Å²) in [6, 6.07) is 18.9. The van der Waals surface area contributed by atoms with Crippen LogP contribution < -0.4 is 0 Å². The lowest BCUT2D eigenvalue weighted by Crippen LogP contribution is -2.11. The molecule has 6 aliphatic rings. The zero-order chi connectivity index (χ0) is 21.5. The van der Waals surface area contributed by atoms with E-state index in [2.05, 4.69) is 60.7 Å². The van der Waals surface area contributed by atoms with Crippen LogP contribution in [0.25, 0.3) is 11.1 Å². The fourth-order valence-corrected chi connectivity index (χ4v) is 9.52. The molecule has 0 aliphatic heterocycles. The maximum atomic E-state index is 2.74. The molecule has 6 aliphatic carbocycles. The smallest absolute Gasteiger partial charge is 0.00389 e. The monoisotopic (exact) mass is 432 g/mol. The molecule has 4 saturated carbocycles. The Morgan fingerprint density at radius 2 is 1.03 bits per heavy atom. The van der Waals surface area contributed by atoms with E-state index in [1.165, 1.54) is 57.8 Å². The van der Waals surface area contributed by atoms with Crippen molar-refractivity contribution in [2.75, 3.05) is 0 Å². The first kappa shape index (κ1) is 19.2. The minimum Gasteiger partial charge on any atom is -0.0728 e. The molecule has 0 saturated heterocycles. The normalized spacial score (nSPS) is 39.6. The number of hydrogen-bond donors (Lipinski definition) is 0. The predicted octanol–water partition coefficient (Wildman–Crippen LogP) is 8.61. The van der Waals surface area contributed by atoms with Crippen molar-refractivity contribution < 1.29 is 0 Å². The van der Waals surface area contributed by atoms with Crippen molar-refractivity contribution >= 4 is 11.1 Å². The van der Waals surface area contributed by atoms with E-state index in [0.717, 1.165) is 35.5 Å². The molecule has 0 heterocycles. The SMILES string of the molecule is C1=C(C2CC3CCC2C3)c2ccccc2C1CC1C=C(C2CC3CCC2C3)c2ccccc21. The Bertz CT molecular complexity index is 1070. The summed E-state index contributed by atoms with van der Waals surface area (Å²) >= 11 is 0. The van der Waals surface area contributed by atoms with E-state index >= 15 is 0 Å². The maximum Gasteiger partial charge on any atom is 0.00389 e. The standard InChI is InChI=1S/C33H36/c1-3-7-28-26(5-1)24(18-32(28)30-15-20-9-11-22(30)13-20)17-25-19-33(29-8-4-2-6-27(25)29)31-16-21-10-12-23(31)14-21/h1-8,18-25,30-31H,9-17H2. The average Bonchev–Trinajstić information content (AvgIpc) is 3.69. The molecule has 33 heavy (non-hydrogen) atoms. The molecule has 0 N–H and O–H groups in total. The first-order valence-electron chi connectivity index (χ1n) is 13.9. The highest BCUT2D eigenvalue weighted by Gasteiger charge is 2.45. The van der Waals surface area contributed by atoms with E-state index in [4.69, 9.17) is 0 Å².